The van der Waals surface area contributed by atoms with Gasteiger partial charge in [0.15, 0.2) is 0 Å². The van der Waals surface area contributed by atoms with Crippen molar-refractivity contribution < 1.29 is 0 Å². The summed E-state index contributed by atoms with van der Waals surface area (Å²) in [6, 6.07) is 12.9. The fraction of sp³-hybridized carbons (Fsp3) is 0.300. The maximum absolute atomic E-state index is 4.76. The smallest absolute Gasteiger partial charge is 0.107 e. The quantitative estimate of drug-likeness (QED) is 0.562. The summed E-state index contributed by atoms with van der Waals surface area (Å²) in [7, 11) is 0. The van der Waals surface area contributed by atoms with Crippen molar-refractivity contribution in [2.24, 2.45) is 0 Å². The maximum Gasteiger partial charge on any atom is 0.107 e. The lowest BCUT2D eigenvalue weighted by molar-refractivity contribution is 0.730. The number of aromatic nitrogens is 4. The molecule has 0 fully saturated rings. The Morgan fingerprint density at radius 3 is 2.50 bits per heavy atom. The Morgan fingerprint density at radius 1 is 0.917 bits per heavy atom. The van der Waals surface area contributed by atoms with Crippen LogP contribution in [-0.4, -0.2) is 19.9 Å². The molecule has 0 spiro atoms. The lowest BCUT2D eigenvalue weighted by Gasteiger charge is -2.10. The topological polar surface area (TPSA) is 57.4 Å². The average molecular weight is 318 g/mol. The van der Waals surface area contributed by atoms with Crippen LogP contribution in [0.1, 0.15) is 49.6 Å². The fourth-order valence-electron chi connectivity index (χ4n) is 3.20. The van der Waals surface area contributed by atoms with Crippen molar-refractivity contribution >= 4 is 22.1 Å². The Kier molecular flexibility index (Phi) is 3.60. The molecule has 2 aromatic carbocycles. The summed E-state index contributed by atoms with van der Waals surface area (Å²) < 4.78 is 0. The van der Waals surface area contributed by atoms with Crippen LogP contribution >= 0.6 is 0 Å². The molecule has 0 bridgehead atoms. The van der Waals surface area contributed by atoms with E-state index in [1.165, 1.54) is 11.1 Å². The highest BCUT2D eigenvalue weighted by atomic mass is 14.9. The summed E-state index contributed by atoms with van der Waals surface area (Å²) in [6.45, 7) is 6.67. The van der Waals surface area contributed by atoms with Crippen molar-refractivity contribution in [3.8, 4) is 0 Å². The first-order valence-electron chi connectivity index (χ1n) is 8.51. The van der Waals surface area contributed by atoms with Gasteiger partial charge in [0, 0.05) is 6.42 Å². The van der Waals surface area contributed by atoms with Crippen molar-refractivity contribution in [2.75, 3.05) is 0 Å². The van der Waals surface area contributed by atoms with E-state index in [1.54, 1.807) is 6.33 Å². The number of fused-ring (bicyclic) bond motifs is 2. The van der Waals surface area contributed by atoms with Crippen LogP contribution < -0.4 is 0 Å². The highest BCUT2D eigenvalue weighted by molar-refractivity contribution is 5.76. The Morgan fingerprint density at radius 2 is 1.67 bits per heavy atom. The van der Waals surface area contributed by atoms with Gasteiger partial charge in [0.05, 0.1) is 28.4 Å². The first kappa shape index (κ1) is 14.9. The van der Waals surface area contributed by atoms with E-state index in [0.29, 0.717) is 11.8 Å². The summed E-state index contributed by atoms with van der Waals surface area (Å²) in [4.78, 5) is 15.7. The second-order valence-electron chi connectivity index (χ2n) is 6.90. The minimum Gasteiger partial charge on any atom is -0.345 e. The molecular formula is C20H22N4. The Balaban J connectivity index is 1.60. The minimum absolute atomic E-state index is 0.392. The third-order valence-electron chi connectivity index (χ3n) is 4.73. The lowest BCUT2D eigenvalue weighted by atomic mass is 9.97. The van der Waals surface area contributed by atoms with E-state index in [0.717, 1.165) is 34.3 Å². The summed E-state index contributed by atoms with van der Waals surface area (Å²) in [6.07, 6.45) is 2.63. The second kappa shape index (κ2) is 5.78. The second-order valence-corrected chi connectivity index (χ2v) is 6.90. The van der Waals surface area contributed by atoms with Gasteiger partial charge in [-0.25, -0.2) is 9.97 Å². The van der Waals surface area contributed by atoms with Crippen LogP contribution in [0.25, 0.3) is 22.1 Å². The van der Waals surface area contributed by atoms with Crippen LogP contribution in [0, 0.1) is 0 Å². The Bertz CT molecular complexity index is 993. The molecular weight excluding hydrogens is 296 g/mol. The van der Waals surface area contributed by atoms with E-state index in [2.05, 4.69) is 72.1 Å². The number of hydrogen-bond donors (Lipinski definition) is 2. The summed E-state index contributed by atoms with van der Waals surface area (Å²) in [5.41, 5.74) is 6.92. The van der Waals surface area contributed by atoms with Gasteiger partial charge in [0.1, 0.15) is 5.82 Å². The highest BCUT2D eigenvalue weighted by Crippen LogP contribution is 2.25. The molecule has 2 heterocycles. The van der Waals surface area contributed by atoms with E-state index in [9.17, 15) is 0 Å². The van der Waals surface area contributed by atoms with Crippen molar-refractivity contribution in [3.63, 3.8) is 0 Å². The number of hydrogen-bond acceptors (Lipinski definition) is 2. The summed E-state index contributed by atoms with van der Waals surface area (Å²) >= 11 is 0. The SMILES string of the molecule is CC(C)c1ccc2nc(CC(C)c3ccc4nc[nH]c4c3)[nH]c2c1. The standard InChI is InChI=1S/C20H22N4/c1-12(2)14-4-7-17-19(9-14)24-20(23-17)8-13(3)15-5-6-16-18(10-15)22-11-21-16/h4-7,9-13H,8H2,1-3H3,(H,21,22)(H,23,24). The van der Waals surface area contributed by atoms with Crippen LogP contribution in [0.2, 0.25) is 0 Å². The van der Waals surface area contributed by atoms with Crippen LogP contribution in [0.4, 0.5) is 0 Å². The van der Waals surface area contributed by atoms with Crippen molar-refractivity contribution in [2.45, 2.75) is 39.0 Å². The molecule has 0 saturated carbocycles. The summed E-state index contributed by atoms with van der Waals surface area (Å²) in [5, 5.41) is 0. The molecule has 0 aliphatic carbocycles. The number of nitrogens with one attached hydrogen (secondary N) is 2. The average Bonchev–Trinajstić information content (AvgIpc) is 3.18. The molecule has 1 atom stereocenters. The first-order valence-corrected chi connectivity index (χ1v) is 8.51. The fourth-order valence-corrected chi connectivity index (χ4v) is 3.20. The third kappa shape index (κ3) is 2.68. The molecule has 0 aliphatic heterocycles. The Labute approximate surface area is 141 Å². The van der Waals surface area contributed by atoms with Gasteiger partial charge >= 0.3 is 0 Å². The van der Waals surface area contributed by atoms with E-state index in [1.807, 2.05) is 0 Å². The van der Waals surface area contributed by atoms with Gasteiger partial charge in [-0.1, -0.05) is 32.9 Å². The van der Waals surface area contributed by atoms with Crippen molar-refractivity contribution in [1.29, 1.82) is 0 Å². The third-order valence-corrected chi connectivity index (χ3v) is 4.73. The molecule has 2 aromatic heterocycles. The molecule has 0 aliphatic rings. The molecule has 0 amide bonds. The molecule has 4 aromatic rings. The van der Waals surface area contributed by atoms with Crippen LogP contribution in [0.3, 0.4) is 0 Å². The molecule has 0 saturated heterocycles. The van der Waals surface area contributed by atoms with Gasteiger partial charge in [-0.2, -0.15) is 0 Å². The Hall–Kier alpha value is -2.62. The zero-order valence-electron chi connectivity index (χ0n) is 14.3. The molecule has 4 rings (SSSR count). The van der Waals surface area contributed by atoms with Gasteiger partial charge in [-0.3, -0.25) is 0 Å². The van der Waals surface area contributed by atoms with Crippen LogP contribution in [-0.2, 0) is 6.42 Å². The molecule has 4 nitrogen and oxygen atoms in total. The number of H-pyrrole nitrogens is 2. The van der Waals surface area contributed by atoms with Gasteiger partial charge in [0.2, 0.25) is 0 Å². The number of nitrogens with zero attached hydrogens (tertiary/aromatic N) is 2. The summed E-state index contributed by atoms with van der Waals surface area (Å²) in [5.74, 6) is 1.96. The van der Waals surface area contributed by atoms with Crippen molar-refractivity contribution in [1.82, 2.24) is 19.9 Å². The number of benzene rings is 2. The maximum atomic E-state index is 4.76. The van der Waals surface area contributed by atoms with Gasteiger partial charge < -0.3 is 9.97 Å². The predicted molar refractivity (Wildman–Crippen MR) is 98.4 cm³/mol. The zero-order valence-corrected chi connectivity index (χ0v) is 14.3. The monoisotopic (exact) mass is 318 g/mol. The molecule has 0 radical (unpaired) electrons. The van der Waals surface area contributed by atoms with E-state index in [4.69, 9.17) is 4.98 Å². The predicted octanol–water partition coefficient (Wildman–Crippen LogP) is 4.91. The van der Waals surface area contributed by atoms with E-state index >= 15 is 0 Å². The molecule has 2 N–H and O–H groups in total. The first-order chi connectivity index (χ1) is 11.6. The number of rotatable bonds is 4. The van der Waals surface area contributed by atoms with E-state index in [-0.39, 0.29) is 0 Å². The zero-order chi connectivity index (χ0) is 16.7. The molecule has 4 heteroatoms. The number of aromatic amines is 2. The van der Waals surface area contributed by atoms with Crippen LogP contribution in [0.15, 0.2) is 42.7 Å². The highest BCUT2D eigenvalue weighted by Gasteiger charge is 2.12. The number of imidazole rings is 2. The minimum atomic E-state index is 0.392. The normalized spacial score (nSPS) is 13.2. The largest absolute Gasteiger partial charge is 0.345 e. The van der Waals surface area contributed by atoms with Gasteiger partial charge in [0.25, 0.3) is 0 Å². The lowest BCUT2D eigenvalue weighted by Crippen LogP contribution is -2.00. The van der Waals surface area contributed by atoms with Crippen molar-refractivity contribution in [3.05, 3.63) is 59.7 Å². The molecule has 122 valence electrons. The molecule has 1 unspecified atom stereocenters. The van der Waals surface area contributed by atoms with Crippen LogP contribution in [0.5, 0.6) is 0 Å². The molecule has 24 heavy (non-hydrogen) atoms. The van der Waals surface area contributed by atoms with Gasteiger partial charge in [-0.05, 0) is 47.2 Å². The van der Waals surface area contributed by atoms with Gasteiger partial charge in [-0.15, -0.1) is 0 Å². The van der Waals surface area contributed by atoms with E-state index < -0.39 is 0 Å².